The number of hydrogen-bond acceptors (Lipinski definition) is 3. The van der Waals surface area contributed by atoms with Crippen LogP contribution in [0.5, 0.6) is 0 Å². The van der Waals surface area contributed by atoms with E-state index >= 15 is 0 Å². The summed E-state index contributed by atoms with van der Waals surface area (Å²) in [6.07, 6.45) is -0.0702. The number of halogens is 1. The van der Waals surface area contributed by atoms with Crippen LogP contribution in [0.25, 0.3) is 0 Å². The number of aryl methyl sites for hydroxylation is 1. The SMILES string of the molecule is COCCN1C(=O)CC(C(=O)O)C1c1ccc(C)c(F)c1. The summed E-state index contributed by atoms with van der Waals surface area (Å²) in [5, 5.41) is 9.33. The van der Waals surface area contributed by atoms with Gasteiger partial charge in [0.05, 0.1) is 18.6 Å². The third-order valence-corrected chi connectivity index (χ3v) is 3.82. The van der Waals surface area contributed by atoms with Crippen LogP contribution in [0.2, 0.25) is 0 Å². The van der Waals surface area contributed by atoms with Gasteiger partial charge in [-0.25, -0.2) is 4.39 Å². The number of nitrogens with zero attached hydrogens (tertiary/aromatic N) is 1. The Morgan fingerprint density at radius 1 is 1.52 bits per heavy atom. The average molecular weight is 295 g/mol. The first-order chi connectivity index (χ1) is 9.95. The van der Waals surface area contributed by atoms with Gasteiger partial charge in [0.25, 0.3) is 0 Å². The number of benzene rings is 1. The lowest BCUT2D eigenvalue weighted by atomic mass is 9.93. The molecule has 5 nitrogen and oxygen atoms in total. The Kier molecular flexibility index (Phi) is 4.57. The largest absolute Gasteiger partial charge is 0.481 e. The Morgan fingerprint density at radius 3 is 2.81 bits per heavy atom. The van der Waals surface area contributed by atoms with Gasteiger partial charge >= 0.3 is 5.97 Å². The van der Waals surface area contributed by atoms with Gasteiger partial charge in [0.15, 0.2) is 0 Å². The topological polar surface area (TPSA) is 66.8 Å². The molecule has 0 bridgehead atoms. The molecule has 0 aromatic heterocycles. The minimum atomic E-state index is -1.05. The lowest BCUT2D eigenvalue weighted by Gasteiger charge is -2.27. The van der Waals surface area contributed by atoms with Crippen LogP contribution in [0.15, 0.2) is 18.2 Å². The van der Waals surface area contributed by atoms with Gasteiger partial charge in [-0.1, -0.05) is 12.1 Å². The normalized spacial score (nSPS) is 21.9. The third-order valence-electron chi connectivity index (χ3n) is 3.82. The van der Waals surface area contributed by atoms with Crippen molar-refractivity contribution in [3.63, 3.8) is 0 Å². The summed E-state index contributed by atoms with van der Waals surface area (Å²) in [6.45, 7) is 2.23. The number of methoxy groups -OCH3 is 1. The van der Waals surface area contributed by atoms with Crippen LogP contribution in [0, 0.1) is 18.7 Å². The number of hydrogen-bond donors (Lipinski definition) is 1. The van der Waals surface area contributed by atoms with E-state index in [4.69, 9.17) is 4.74 Å². The highest BCUT2D eigenvalue weighted by atomic mass is 19.1. The highest BCUT2D eigenvalue weighted by Crippen LogP contribution is 2.38. The summed E-state index contributed by atoms with van der Waals surface area (Å²) >= 11 is 0. The Hall–Kier alpha value is -1.95. The summed E-state index contributed by atoms with van der Waals surface area (Å²) in [5.41, 5.74) is 0.992. The van der Waals surface area contributed by atoms with E-state index in [-0.39, 0.29) is 12.3 Å². The fourth-order valence-corrected chi connectivity index (χ4v) is 2.67. The maximum Gasteiger partial charge on any atom is 0.309 e. The summed E-state index contributed by atoms with van der Waals surface area (Å²) in [5.74, 6) is -2.56. The lowest BCUT2D eigenvalue weighted by molar-refractivity contribution is -0.142. The molecule has 0 saturated carbocycles. The molecular weight excluding hydrogens is 277 g/mol. The van der Waals surface area contributed by atoms with Gasteiger partial charge in [0.2, 0.25) is 5.91 Å². The predicted molar refractivity (Wildman–Crippen MR) is 73.2 cm³/mol. The summed E-state index contributed by atoms with van der Waals surface area (Å²) in [4.78, 5) is 24.9. The van der Waals surface area contributed by atoms with Crippen LogP contribution in [-0.4, -0.2) is 42.1 Å². The number of aliphatic carboxylic acids is 1. The molecule has 1 heterocycles. The van der Waals surface area contributed by atoms with Crippen molar-refractivity contribution in [1.29, 1.82) is 0 Å². The third kappa shape index (κ3) is 3.05. The van der Waals surface area contributed by atoms with E-state index < -0.39 is 23.7 Å². The summed E-state index contributed by atoms with van der Waals surface area (Å²) in [7, 11) is 1.51. The number of carbonyl (C=O) groups excluding carboxylic acids is 1. The zero-order chi connectivity index (χ0) is 15.6. The Morgan fingerprint density at radius 2 is 2.24 bits per heavy atom. The van der Waals surface area contributed by atoms with Crippen molar-refractivity contribution < 1.29 is 23.8 Å². The molecule has 2 unspecified atom stereocenters. The quantitative estimate of drug-likeness (QED) is 0.898. The van der Waals surface area contributed by atoms with E-state index in [9.17, 15) is 19.1 Å². The molecule has 1 aliphatic heterocycles. The van der Waals surface area contributed by atoms with Crippen LogP contribution < -0.4 is 0 Å². The van der Waals surface area contributed by atoms with Crippen LogP contribution in [0.1, 0.15) is 23.6 Å². The molecule has 1 aliphatic rings. The lowest BCUT2D eigenvalue weighted by Crippen LogP contribution is -2.33. The standard InChI is InChI=1S/C15H18FNO4/c1-9-3-4-10(7-12(9)16)14-11(15(19)20)8-13(18)17(14)5-6-21-2/h3-4,7,11,14H,5-6,8H2,1-2H3,(H,19,20). The van der Waals surface area contributed by atoms with Crippen molar-refractivity contribution in [2.75, 3.05) is 20.3 Å². The van der Waals surface area contributed by atoms with Crippen LogP contribution in [0.3, 0.4) is 0 Å². The highest BCUT2D eigenvalue weighted by molar-refractivity contribution is 5.87. The Balaban J connectivity index is 2.38. The van der Waals surface area contributed by atoms with E-state index in [0.29, 0.717) is 24.3 Å². The van der Waals surface area contributed by atoms with Gasteiger partial charge in [-0.2, -0.15) is 0 Å². The summed E-state index contributed by atoms with van der Waals surface area (Å²) < 4.78 is 18.7. The Labute approximate surface area is 122 Å². The van der Waals surface area contributed by atoms with Gasteiger partial charge in [-0.05, 0) is 24.1 Å². The van der Waals surface area contributed by atoms with Crippen LogP contribution in [0.4, 0.5) is 4.39 Å². The number of rotatable bonds is 5. The van der Waals surface area contributed by atoms with E-state index in [0.717, 1.165) is 0 Å². The van der Waals surface area contributed by atoms with Crippen molar-refractivity contribution >= 4 is 11.9 Å². The van der Waals surface area contributed by atoms with Crippen molar-refractivity contribution in [2.45, 2.75) is 19.4 Å². The molecular formula is C15H18FNO4. The number of likely N-dealkylation sites (tertiary alicyclic amines) is 1. The van der Waals surface area contributed by atoms with Crippen molar-refractivity contribution in [1.82, 2.24) is 4.90 Å². The molecule has 1 N–H and O–H groups in total. The van der Waals surface area contributed by atoms with Crippen molar-refractivity contribution in [3.05, 3.63) is 35.1 Å². The molecule has 1 aromatic rings. The van der Waals surface area contributed by atoms with Crippen LogP contribution in [-0.2, 0) is 14.3 Å². The molecule has 0 radical (unpaired) electrons. The molecule has 2 atom stereocenters. The summed E-state index contributed by atoms with van der Waals surface area (Å²) in [6, 6.07) is 3.94. The fourth-order valence-electron chi connectivity index (χ4n) is 2.67. The molecule has 1 amide bonds. The number of carbonyl (C=O) groups is 2. The van der Waals surface area contributed by atoms with E-state index in [2.05, 4.69) is 0 Å². The highest BCUT2D eigenvalue weighted by Gasteiger charge is 2.44. The van der Waals surface area contributed by atoms with Crippen LogP contribution >= 0.6 is 0 Å². The van der Waals surface area contributed by atoms with Crippen molar-refractivity contribution in [3.8, 4) is 0 Å². The predicted octanol–water partition coefficient (Wildman–Crippen LogP) is 1.75. The first-order valence-corrected chi connectivity index (χ1v) is 6.73. The number of carboxylic acid groups (broad SMARTS) is 1. The van der Waals surface area contributed by atoms with Gasteiger partial charge in [-0.15, -0.1) is 0 Å². The van der Waals surface area contributed by atoms with Crippen molar-refractivity contribution in [2.24, 2.45) is 5.92 Å². The first-order valence-electron chi connectivity index (χ1n) is 6.73. The van der Waals surface area contributed by atoms with Gasteiger partial charge in [0.1, 0.15) is 5.82 Å². The number of ether oxygens (including phenoxy) is 1. The number of amides is 1. The average Bonchev–Trinajstić information content (AvgIpc) is 2.77. The maximum absolute atomic E-state index is 13.8. The second-order valence-electron chi connectivity index (χ2n) is 5.18. The van der Waals surface area contributed by atoms with E-state index in [1.54, 1.807) is 19.1 Å². The van der Waals surface area contributed by atoms with E-state index in [1.807, 2.05) is 0 Å². The minimum absolute atomic E-state index is 0.0702. The second-order valence-corrected chi connectivity index (χ2v) is 5.18. The monoisotopic (exact) mass is 295 g/mol. The first kappa shape index (κ1) is 15.4. The fraction of sp³-hybridized carbons (Fsp3) is 0.467. The molecule has 0 aliphatic carbocycles. The molecule has 0 spiro atoms. The molecule has 1 fully saturated rings. The smallest absolute Gasteiger partial charge is 0.309 e. The van der Waals surface area contributed by atoms with Gasteiger partial charge in [0, 0.05) is 20.1 Å². The zero-order valence-electron chi connectivity index (χ0n) is 12.0. The number of carboxylic acids is 1. The minimum Gasteiger partial charge on any atom is -0.481 e. The molecule has 114 valence electrons. The molecule has 2 rings (SSSR count). The van der Waals surface area contributed by atoms with E-state index in [1.165, 1.54) is 18.1 Å². The molecule has 1 saturated heterocycles. The Bertz CT molecular complexity index is 561. The zero-order valence-corrected chi connectivity index (χ0v) is 12.0. The molecule has 6 heteroatoms. The van der Waals surface area contributed by atoms with Gasteiger partial charge in [-0.3, -0.25) is 9.59 Å². The second kappa shape index (κ2) is 6.22. The maximum atomic E-state index is 13.8. The molecule has 1 aromatic carbocycles. The molecule has 21 heavy (non-hydrogen) atoms. The van der Waals surface area contributed by atoms with Gasteiger partial charge < -0.3 is 14.7 Å².